The first-order valence-corrected chi connectivity index (χ1v) is 8.16. The van der Waals surface area contributed by atoms with Crippen molar-refractivity contribution in [2.75, 3.05) is 0 Å². The molecule has 122 valence electrons. The van der Waals surface area contributed by atoms with Crippen LogP contribution in [-0.4, -0.2) is 16.0 Å². The summed E-state index contributed by atoms with van der Waals surface area (Å²) >= 11 is 17.7. The number of nitrogens with zero attached hydrogens (tertiary/aromatic N) is 2. The normalized spacial score (nSPS) is 11.3. The quantitative estimate of drug-likeness (QED) is 0.625. The van der Waals surface area contributed by atoms with E-state index in [2.05, 4.69) is 10.1 Å². The van der Waals surface area contributed by atoms with E-state index in [4.69, 9.17) is 34.8 Å². The molecule has 0 atom stereocenters. The van der Waals surface area contributed by atoms with Gasteiger partial charge < -0.3 is 0 Å². The van der Waals surface area contributed by atoms with Crippen LogP contribution in [0.25, 0.3) is 5.69 Å². The van der Waals surface area contributed by atoms with E-state index < -0.39 is 0 Å². The number of aromatic amines is 1. The number of aryl methyl sites for hydroxylation is 1. The van der Waals surface area contributed by atoms with E-state index in [9.17, 15) is 4.79 Å². The highest BCUT2D eigenvalue weighted by molar-refractivity contribution is 6.42. The van der Waals surface area contributed by atoms with Gasteiger partial charge in [0.05, 0.1) is 27.0 Å². The van der Waals surface area contributed by atoms with Crippen LogP contribution in [0.2, 0.25) is 15.1 Å². The van der Waals surface area contributed by atoms with Crippen molar-refractivity contribution >= 4 is 46.7 Å². The zero-order valence-corrected chi connectivity index (χ0v) is 14.8. The summed E-state index contributed by atoms with van der Waals surface area (Å²) in [5, 5.41) is 4.51. The number of hydrogen-bond acceptors (Lipinski definition) is 2. The molecule has 0 unspecified atom stereocenters. The minimum Gasteiger partial charge on any atom is -0.295 e. The molecular weight excluding hydrogens is 369 g/mol. The number of aliphatic imine (C=N–C) groups is 1. The number of H-pyrrole nitrogens is 1. The molecule has 0 aliphatic carbocycles. The first-order valence-electron chi connectivity index (χ1n) is 7.02. The zero-order valence-electron chi connectivity index (χ0n) is 12.6. The van der Waals surface area contributed by atoms with Crippen molar-refractivity contribution in [2.24, 2.45) is 4.99 Å². The van der Waals surface area contributed by atoms with Gasteiger partial charge in [0.2, 0.25) is 0 Å². The number of rotatable bonds is 3. The predicted molar refractivity (Wildman–Crippen MR) is 99.9 cm³/mol. The van der Waals surface area contributed by atoms with Crippen molar-refractivity contribution in [1.82, 2.24) is 9.78 Å². The fourth-order valence-electron chi connectivity index (χ4n) is 2.19. The van der Waals surface area contributed by atoms with Crippen LogP contribution in [0.4, 0.5) is 5.69 Å². The third kappa shape index (κ3) is 3.41. The molecule has 7 heteroatoms. The number of aromatic nitrogens is 2. The molecule has 0 radical (unpaired) electrons. The minimum atomic E-state index is -0.196. The van der Waals surface area contributed by atoms with Gasteiger partial charge in [-0.3, -0.25) is 14.9 Å². The molecule has 0 aliphatic rings. The Morgan fingerprint density at radius 3 is 2.42 bits per heavy atom. The maximum absolute atomic E-state index is 12.6. The molecule has 1 aromatic heterocycles. The van der Waals surface area contributed by atoms with Crippen LogP contribution in [0, 0.1) is 6.92 Å². The van der Waals surface area contributed by atoms with Crippen LogP contribution < -0.4 is 5.56 Å². The third-order valence-corrected chi connectivity index (χ3v) is 4.44. The maximum Gasteiger partial charge on any atom is 0.280 e. The lowest BCUT2D eigenvalue weighted by molar-refractivity contribution is 0.835. The zero-order chi connectivity index (χ0) is 17.3. The lowest BCUT2D eigenvalue weighted by Crippen LogP contribution is -2.17. The molecule has 0 saturated heterocycles. The van der Waals surface area contributed by atoms with Crippen LogP contribution in [0.5, 0.6) is 0 Å². The van der Waals surface area contributed by atoms with E-state index in [0.29, 0.717) is 37.7 Å². The van der Waals surface area contributed by atoms with Gasteiger partial charge in [-0.05, 0) is 49.4 Å². The highest BCUT2D eigenvalue weighted by Crippen LogP contribution is 2.26. The van der Waals surface area contributed by atoms with Gasteiger partial charge in [0.15, 0.2) is 0 Å². The van der Waals surface area contributed by atoms with Gasteiger partial charge in [-0.25, -0.2) is 4.68 Å². The average molecular weight is 381 g/mol. The van der Waals surface area contributed by atoms with Gasteiger partial charge in [0.25, 0.3) is 5.56 Å². The number of hydrogen-bond donors (Lipinski definition) is 1. The van der Waals surface area contributed by atoms with Crippen LogP contribution in [0.15, 0.2) is 52.3 Å². The van der Waals surface area contributed by atoms with Gasteiger partial charge in [-0.2, -0.15) is 0 Å². The Balaban J connectivity index is 1.97. The highest BCUT2D eigenvalue weighted by atomic mass is 35.5. The first-order chi connectivity index (χ1) is 11.5. The topological polar surface area (TPSA) is 50.1 Å². The summed E-state index contributed by atoms with van der Waals surface area (Å²) in [4.78, 5) is 16.9. The second kappa shape index (κ2) is 6.85. The summed E-state index contributed by atoms with van der Waals surface area (Å²) in [6.45, 7) is 1.81. The van der Waals surface area contributed by atoms with Crippen molar-refractivity contribution in [2.45, 2.75) is 6.92 Å². The highest BCUT2D eigenvalue weighted by Gasteiger charge is 2.10. The molecule has 2 aromatic carbocycles. The van der Waals surface area contributed by atoms with Crippen molar-refractivity contribution in [3.05, 3.63) is 79.1 Å². The number of halogens is 3. The second-order valence-corrected chi connectivity index (χ2v) is 6.37. The summed E-state index contributed by atoms with van der Waals surface area (Å²) in [7, 11) is 0. The molecule has 0 fully saturated rings. The molecule has 3 rings (SSSR count). The van der Waals surface area contributed by atoms with E-state index in [-0.39, 0.29) is 5.56 Å². The van der Waals surface area contributed by atoms with E-state index in [1.807, 2.05) is 6.92 Å². The molecule has 0 spiro atoms. The van der Waals surface area contributed by atoms with Gasteiger partial charge >= 0.3 is 0 Å². The second-order valence-electron chi connectivity index (χ2n) is 5.12. The summed E-state index contributed by atoms with van der Waals surface area (Å²) in [6.07, 6.45) is 1.51. The van der Waals surface area contributed by atoms with Crippen LogP contribution in [0.3, 0.4) is 0 Å². The third-order valence-electron chi connectivity index (χ3n) is 3.45. The number of nitrogens with one attached hydrogen (secondary N) is 1. The Labute approximate surface area is 153 Å². The fourth-order valence-corrected chi connectivity index (χ4v) is 2.61. The SMILES string of the molecule is Cc1[nH]n(-c2ccc(Cl)cc2)c(=O)c1C=Nc1ccc(Cl)c(Cl)c1. The Morgan fingerprint density at radius 1 is 1.04 bits per heavy atom. The lowest BCUT2D eigenvalue weighted by Gasteiger charge is -2.00. The Morgan fingerprint density at radius 2 is 1.75 bits per heavy atom. The Bertz CT molecular complexity index is 972. The first kappa shape index (κ1) is 16.8. The molecule has 0 amide bonds. The van der Waals surface area contributed by atoms with E-state index in [0.717, 1.165) is 0 Å². The van der Waals surface area contributed by atoms with Gasteiger partial charge in [-0.1, -0.05) is 34.8 Å². The van der Waals surface area contributed by atoms with Crippen molar-refractivity contribution in [3.8, 4) is 5.69 Å². The molecular formula is C17H12Cl3N3O. The molecule has 4 nitrogen and oxygen atoms in total. The summed E-state index contributed by atoms with van der Waals surface area (Å²) < 4.78 is 1.45. The molecule has 1 N–H and O–H groups in total. The molecule has 3 aromatic rings. The van der Waals surface area contributed by atoms with Gasteiger partial charge in [0.1, 0.15) is 0 Å². The van der Waals surface area contributed by atoms with Crippen molar-refractivity contribution < 1.29 is 0 Å². The summed E-state index contributed by atoms with van der Waals surface area (Å²) in [5.74, 6) is 0. The van der Waals surface area contributed by atoms with Gasteiger partial charge in [0, 0.05) is 16.9 Å². The Kier molecular flexibility index (Phi) is 4.81. The summed E-state index contributed by atoms with van der Waals surface area (Å²) in [6, 6.07) is 12.0. The molecule has 24 heavy (non-hydrogen) atoms. The average Bonchev–Trinajstić information content (AvgIpc) is 2.84. The molecule has 1 heterocycles. The number of benzene rings is 2. The van der Waals surface area contributed by atoms with Crippen LogP contribution in [0.1, 0.15) is 11.3 Å². The molecule has 0 saturated carbocycles. The van der Waals surface area contributed by atoms with Crippen LogP contribution >= 0.6 is 34.8 Å². The predicted octanol–water partition coefficient (Wildman–Crippen LogP) is 5.18. The van der Waals surface area contributed by atoms with Gasteiger partial charge in [-0.15, -0.1) is 0 Å². The van der Waals surface area contributed by atoms with Crippen molar-refractivity contribution in [1.29, 1.82) is 0 Å². The summed E-state index contributed by atoms with van der Waals surface area (Å²) in [5.41, 5.74) is 2.29. The fraction of sp³-hybridized carbons (Fsp3) is 0.0588. The minimum absolute atomic E-state index is 0.196. The largest absolute Gasteiger partial charge is 0.295 e. The van der Waals surface area contributed by atoms with E-state index >= 15 is 0 Å². The molecule has 0 aliphatic heterocycles. The van der Waals surface area contributed by atoms with E-state index in [1.165, 1.54) is 10.9 Å². The Hall–Kier alpha value is -2.01. The standard InChI is InChI=1S/C17H12Cl3N3O/c1-10-14(9-21-12-4-7-15(19)16(20)8-12)17(24)23(22-10)13-5-2-11(18)3-6-13/h2-9,22H,1H3. The lowest BCUT2D eigenvalue weighted by atomic mass is 10.2. The monoisotopic (exact) mass is 379 g/mol. The smallest absolute Gasteiger partial charge is 0.280 e. The van der Waals surface area contributed by atoms with Crippen molar-refractivity contribution in [3.63, 3.8) is 0 Å². The van der Waals surface area contributed by atoms with E-state index in [1.54, 1.807) is 42.5 Å². The van der Waals surface area contributed by atoms with Crippen LogP contribution in [-0.2, 0) is 0 Å². The molecule has 0 bridgehead atoms. The maximum atomic E-state index is 12.6.